The Hall–Kier alpha value is -2.85. The summed E-state index contributed by atoms with van der Waals surface area (Å²) >= 11 is 0. The van der Waals surface area contributed by atoms with Crippen LogP contribution in [-0.4, -0.2) is 8.42 Å². The molecule has 0 saturated carbocycles. The predicted molar refractivity (Wildman–Crippen MR) is 112 cm³/mol. The Labute approximate surface area is 161 Å². The molecule has 0 radical (unpaired) electrons. The first kappa shape index (κ1) is 18.9. The normalized spacial score (nSPS) is 11.6. The van der Waals surface area contributed by atoms with E-state index in [0.29, 0.717) is 5.69 Å². The first-order chi connectivity index (χ1) is 13.0. The highest BCUT2D eigenvalue weighted by Gasteiger charge is 2.15. The van der Waals surface area contributed by atoms with Crippen LogP contribution in [0.15, 0.2) is 89.8 Å². The van der Waals surface area contributed by atoms with Gasteiger partial charge in [-0.2, -0.15) is 0 Å². The largest absolute Gasteiger partial charge is 0.279 e. The smallest absolute Gasteiger partial charge is 0.261 e. The quantitative estimate of drug-likeness (QED) is 0.596. The predicted octanol–water partition coefficient (Wildman–Crippen LogP) is 5.44. The van der Waals surface area contributed by atoms with E-state index in [1.54, 1.807) is 24.3 Å². The van der Waals surface area contributed by atoms with Gasteiger partial charge in [0.25, 0.3) is 10.0 Å². The molecule has 0 amide bonds. The van der Waals surface area contributed by atoms with Crippen LogP contribution in [0.4, 0.5) is 5.69 Å². The van der Waals surface area contributed by atoms with Crippen LogP contribution in [0.3, 0.4) is 0 Å². The molecule has 4 heteroatoms. The molecule has 1 N–H and O–H groups in total. The van der Waals surface area contributed by atoms with Crippen molar-refractivity contribution in [3.8, 4) is 0 Å². The van der Waals surface area contributed by atoms with Gasteiger partial charge in [-0.25, -0.2) is 8.42 Å². The lowest BCUT2D eigenvalue weighted by molar-refractivity contribution is 0.601. The maximum Gasteiger partial charge on any atom is 0.261 e. The first-order valence-electron chi connectivity index (χ1n) is 8.93. The Morgan fingerprint density at radius 2 is 1.52 bits per heavy atom. The summed E-state index contributed by atoms with van der Waals surface area (Å²) in [6, 6.07) is 24.5. The highest BCUT2D eigenvalue weighted by Crippen LogP contribution is 2.22. The van der Waals surface area contributed by atoms with Crippen LogP contribution in [0.25, 0.3) is 6.08 Å². The molecule has 3 aromatic rings. The average Bonchev–Trinajstić information content (AvgIpc) is 2.67. The van der Waals surface area contributed by atoms with Crippen molar-refractivity contribution >= 4 is 21.8 Å². The van der Waals surface area contributed by atoms with Gasteiger partial charge in [-0.3, -0.25) is 4.72 Å². The highest BCUT2D eigenvalue weighted by molar-refractivity contribution is 7.92. The van der Waals surface area contributed by atoms with E-state index >= 15 is 0 Å². The summed E-state index contributed by atoms with van der Waals surface area (Å²) in [7, 11) is -3.59. The zero-order valence-corrected chi connectivity index (χ0v) is 16.1. The summed E-state index contributed by atoms with van der Waals surface area (Å²) in [5.74, 6) is 0. The molecule has 0 saturated heterocycles. The van der Waals surface area contributed by atoms with Crippen LogP contribution in [0.1, 0.15) is 23.1 Å². The molecular weight excluding hydrogens is 354 g/mol. The van der Waals surface area contributed by atoms with Crippen molar-refractivity contribution in [2.75, 3.05) is 4.72 Å². The Morgan fingerprint density at radius 1 is 0.852 bits per heavy atom. The van der Waals surface area contributed by atoms with Crippen molar-refractivity contribution in [3.63, 3.8) is 0 Å². The number of hydrogen-bond acceptors (Lipinski definition) is 2. The Balaban J connectivity index is 1.70. The van der Waals surface area contributed by atoms with Gasteiger partial charge in [0.1, 0.15) is 0 Å². The molecule has 27 heavy (non-hydrogen) atoms. The van der Waals surface area contributed by atoms with Crippen molar-refractivity contribution in [1.29, 1.82) is 0 Å². The number of allylic oxidation sites excluding steroid dienone is 1. The SMILES string of the molecule is Cc1ccc(S(=O)(=O)Nc2ccccc2CC/C=C/c2ccccc2)cc1. The number of rotatable bonds is 7. The van der Waals surface area contributed by atoms with Gasteiger partial charge >= 0.3 is 0 Å². The third-order valence-corrected chi connectivity index (χ3v) is 5.66. The first-order valence-corrected chi connectivity index (χ1v) is 10.4. The lowest BCUT2D eigenvalue weighted by Gasteiger charge is -2.12. The van der Waals surface area contributed by atoms with Crippen LogP contribution in [0, 0.1) is 6.92 Å². The molecule has 0 atom stereocenters. The third kappa shape index (κ3) is 5.31. The van der Waals surface area contributed by atoms with Crippen molar-refractivity contribution in [2.45, 2.75) is 24.7 Å². The second-order valence-corrected chi connectivity index (χ2v) is 8.11. The number of aryl methyl sites for hydroxylation is 2. The van der Waals surface area contributed by atoms with Crippen LogP contribution in [0.2, 0.25) is 0 Å². The van der Waals surface area contributed by atoms with Gasteiger partial charge < -0.3 is 0 Å². The van der Waals surface area contributed by atoms with E-state index < -0.39 is 10.0 Å². The molecule has 0 aliphatic rings. The molecular formula is C23H23NO2S. The fourth-order valence-electron chi connectivity index (χ4n) is 2.78. The van der Waals surface area contributed by atoms with Crippen molar-refractivity contribution in [2.24, 2.45) is 0 Å². The number of hydrogen-bond donors (Lipinski definition) is 1. The minimum absolute atomic E-state index is 0.270. The average molecular weight is 378 g/mol. The van der Waals surface area contributed by atoms with Crippen molar-refractivity contribution < 1.29 is 8.42 Å². The lowest BCUT2D eigenvalue weighted by Crippen LogP contribution is -2.14. The summed E-state index contributed by atoms with van der Waals surface area (Å²) in [5, 5.41) is 0. The van der Waals surface area contributed by atoms with Gasteiger partial charge in [-0.15, -0.1) is 0 Å². The van der Waals surface area contributed by atoms with Crippen molar-refractivity contribution in [1.82, 2.24) is 0 Å². The van der Waals surface area contributed by atoms with E-state index in [9.17, 15) is 8.42 Å². The molecule has 0 aromatic heterocycles. The summed E-state index contributed by atoms with van der Waals surface area (Å²) in [5.41, 5.74) is 3.79. The molecule has 0 fully saturated rings. The van der Waals surface area contributed by atoms with Gasteiger partial charge in [-0.1, -0.05) is 78.4 Å². The fraction of sp³-hybridized carbons (Fsp3) is 0.130. The summed E-state index contributed by atoms with van der Waals surface area (Å²) in [6.07, 6.45) is 5.79. The van der Waals surface area contributed by atoms with E-state index in [-0.39, 0.29) is 4.90 Å². The minimum atomic E-state index is -3.59. The van der Waals surface area contributed by atoms with Gasteiger partial charge in [0, 0.05) is 0 Å². The number of sulfonamides is 1. The second-order valence-electron chi connectivity index (χ2n) is 6.43. The van der Waals surface area contributed by atoms with Crippen LogP contribution in [0.5, 0.6) is 0 Å². The fourth-order valence-corrected chi connectivity index (χ4v) is 3.88. The molecule has 0 aliphatic carbocycles. The number of nitrogens with one attached hydrogen (secondary N) is 1. The monoisotopic (exact) mass is 377 g/mol. The maximum atomic E-state index is 12.7. The van der Waals surface area contributed by atoms with E-state index in [0.717, 1.165) is 29.5 Å². The molecule has 0 aliphatic heterocycles. The second kappa shape index (κ2) is 8.69. The number of anilines is 1. The molecule has 0 heterocycles. The van der Waals surface area contributed by atoms with Crippen LogP contribution >= 0.6 is 0 Å². The third-order valence-electron chi connectivity index (χ3n) is 4.28. The zero-order valence-electron chi connectivity index (χ0n) is 15.3. The standard InChI is InChI=1S/C23H23NO2S/c1-19-15-17-22(18-16-19)27(25,26)24-23-14-8-7-13-21(23)12-6-5-11-20-9-3-2-4-10-20/h2-5,7-11,13-18,24H,6,12H2,1H3/b11-5+. The summed E-state index contributed by atoms with van der Waals surface area (Å²) in [6.45, 7) is 1.93. The van der Waals surface area contributed by atoms with Gasteiger partial charge in [-0.05, 0) is 49.1 Å². The van der Waals surface area contributed by atoms with Gasteiger partial charge in [0.15, 0.2) is 0 Å². The number of para-hydroxylation sites is 1. The molecule has 0 unspecified atom stereocenters. The van der Waals surface area contributed by atoms with Gasteiger partial charge in [0.05, 0.1) is 10.6 Å². The van der Waals surface area contributed by atoms with Gasteiger partial charge in [0.2, 0.25) is 0 Å². The Kier molecular flexibility index (Phi) is 6.09. The summed E-state index contributed by atoms with van der Waals surface area (Å²) in [4.78, 5) is 0.270. The van der Waals surface area contributed by atoms with Crippen LogP contribution in [-0.2, 0) is 16.4 Å². The number of benzene rings is 3. The van der Waals surface area contributed by atoms with E-state index in [4.69, 9.17) is 0 Å². The van der Waals surface area contributed by atoms with E-state index in [1.165, 1.54) is 0 Å². The topological polar surface area (TPSA) is 46.2 Å². The van der Waals surface area contributed by atoms with E-state index in [2.05, 4.69) is 29.0 Å². The molecule has 138 valence electrons. The minimum Gasteiger partial charge on any atom is -0.279 e. The highest BCUT2D eigenvalue weighted by atomic mass is 32.2. The molecule has 0 bridgehead atoms. The van der Waals surface area contributed by atoms with E-state index in [1.807, 2.05) is 49.4 Å². The Bertz CT molecular complexity index is 1010. The lowest BCUT2D eigenvalue weighted by atomic mass is 10.1. The Morgan fingerprint density at radius 3 is 2.26 bits per heavy atom. The van der Waals surface area contributed by atoms with Crippen LogP contribution < -0.4 is 4.72 Å². The zero-order chi connectivity index (χ0) is 19.1. The molecule has 0 spiro atoms. The maximum absolute atomic E-state index is 12.7. The molecule has 3 aromatic carbocycles. The summed E-state index contributed by atoms with van der Waals surface area (Å²) < 4.78 is 28.0. The molecule has 3 rings (SSSR count). The molecule has 3 nitrogen and oxygen atoms in total. The van der Waals surface area contributed by atoms with Crippen molar-refractivity contribution in [3.05, 3.63) is 102 Å².